The molecular formula is C27H42N2O4. The van der Waals surface area contributed by atoms with Crippen molar-refractivity contribution >= 4 is 11.4 Å². The molecular weight excluding hydrogens is 416 g/mol. The molecule has 0 fully saturated rings. The number of hydrogen-bond donors (Lipinski definition) is 1. The average molecular weight is 459 g/mol. The molecule has 0 aliphatic heterocycles. The van der Waals surface area contributed by atoms with Crippen LogP contribution < -0.4 is 9.80 Å². The molecule has 0 aliphatic carbocycles. The van der Waals surface area contributed by atoms with Crippen LogP contribution in [0.4, 0.5) is 11.4 Å². The van der Waals surface area contributed by atoms with Crippen molar-refractivity contribution in [2.45, 2.75) is 45.5 Å². The number of rotatable bonds is 15. The Morgan fingerprint density at radius 3 is 1.79 bits per heavy atom. The Bertz CT molecular complexity index is 778. The molecule has 0 spiro atoms. The van der Waals surface area contributed by atoms with Gasteiger partial charge in [0.05, 0.1) is 44.7 Å². The number of anilines is 2. The summed E-state index contributed by atoms with van der Waals surface area (Å²) in [7, 11) is 6.20. The summed E-state index contributed by atoms with van der Waals surface area (Å²) in [5.41, 5.74) is 5.02. The van der Waals surface area contributed by atoms with Crippen LogP contribution in [0, 0.1) is 0 Å². The van der Waals surface area contributed by atoms with Gasteiger partial charge in [-0.25, -0.2) is 0 Å². The molecule has 1 N–H and O–H groups in total. The van der Waals surface area contributed by atoms with Crippen LogP contribution in [0.15, 0.2) is 48.5 Å². The van der Waals surface area contributed by atoms with Crippen molar-refractivity contribution in [1.82, 2.24) is 0 Å². The fraction of sp³-hybridized carbons (Fsp3) is 0.556. The lowest BCUT2D eigenvalue weighted by atomic mass is 10.0. The van der Waals surface area contributed by atoms with E-state index < -0.39 is 6.10 Å². The lowest BCUT2D eigenvalue weighted by molar-refractivity contribution is -0.0694. The first kappa shape index (κ1) is 27.1. The Hall–Kier alpha value is -2.12. The van der Waals surface area contributed by atoms with Gasteiger partial charge in [-0.1, -0.05) is 24.3 Å². The average Bonchev–Trinajstić information content (AvgIpc) is 2.79. The number of aliphatic hydroxyl groups is 1. The van der Waals surface area contributed by atoms with Gasteiger partial charge in [-0.05, 0) is 62.6 Å². The summed E-state index contributed by atoms with van der Waals surface area (Å²) in [6.07, 6.45) is 0.427. The monoisotopic (exact) mass is 458 g/mol. The summed E-state index contributed by atoms with van der Waals surface area (Å²) in [5, 5.41) is 9.25. The van der Waals surface area contributed by atoms with Gasteiger partial charge in [-0.3, -0.25) is 0 Å². The Kier molecular flexibility index (Phi) is 11.7. The molecule has 0 aliphatic rings. The van der Waals surface area contributed by atoms with Gasteiger partial charge >= 0.3 is 0 Å². The molecule has 33 heavy (non-hydrogen) atoms. The molecule has 2 aromatic carbocycles. The van der Waals surface area contributed by atoms with Gasteiger partial charge in [-0.15, -0.1) is 0 Å². The van der Waals surface area contributed by atoms with Crippen molar-refractivity contribution in [3.63, 3.8) is 0 Å². The third kappa shape index (κ3) is 10.6. The van der Waals surface area contributed by atoms with E-state index in [1.165, 1.54) is 22.5 Å². The summed E-state index contributed by atoms with van der Waals surface area (Å²) >= 11 is 0. The van der Waals surface area contributed by atoms with Crippen molar-refractivity contribution in [3.05, 3.63) is 59.7 Å². The standard InChI is InChI=1S/C27H42N2O4/c1-21(30)18-32-23(3)20-33-22(2)19-31-16-15-29(6)27-13-9-25(10-14-27)17-24-7-11-26(12-8-24)28(4)5/h7-14,21-23,30H,15-20H2,1-6H3. The third-order valence-electron chi connectivity index (χ3n) is 5.40. The molecule has 6 nitrogen and oxygen atoms in total. The second kappa shape index (κ2) is 14.2. The number of benzene rings is 2. The fourth-order valence-corrected chi connectivity index (χ4v) is 3.30. The Morgan fingerprint density at radius 1 is 0.727 bits per heavy atom. The van der Waals surface area contributed by atoms with Crippen LogP contribution >= 0.6 is 0 Å². The summed E-state index contributed by atoms with van der Waals surface area (Å²) in [4.78, 5) is 4.32. The minimum atomic E-state index is -0.457. The molecule has 3 unspecified atom stereocenters. The lowest BCUT2D eigenvalue weighted by Crippen LogP contribution is -2.27. The van der Waals surface area contributed by atoms with E-state index in [4.69, 9.17) is 14.2 Å². The molecule has 184 valence electrons. The number of nitrogens with zero attached hydrogens (tertiary/aromatic N) is 2. The first-order valence-corrected chi connectivity index (χ1v) is 11.8. The van der Waals surface area contributed by atoms with Gasteiger partial charge in [0.1, 0.15) is 0 Å². The van der Waals surface area contributed by atoms with E-state index in [2.05, 4.69) is 79.5 Å². The van der Waals surface area contributed by atoms with E-state index in [9.17, 15) is 5.11 Å². The van der Waals surface area contributed by atoms with Crippen molar-refractivity contribution in [1.29, 1.82) is 0 Å². The van der Waals surface area contributed by atoms with E-state index in [0.29, 0.717) is 26.4 Å². The smallest absolute Gasteiger partial charge is 0.0781 e. The number of aliphatic hydroxyl groups excluding tert-OH is 1. The molecule has 0 aromatic heterocycles. The predicted octanol–water partition coefficient (Wildman–Crippen LogP) is 3.99. The zero-order valence-electron chi connectivity index (χ0n) is 21.2. The van der Waals surface area contributed by atoms with Gasteiger partial charge in [0.2, 0.25) is 0 Å². The highest BCUT2D eigenvalue weighted by Crippen LogP contribution is 2.18. The first-order chi connectivity index (χ1) is 15.7. The van der Waals surface area contributed by atoms with Crippen molar-refractivity contribution < 1.29 is 19.3 Å². The molecule has 0 radical (unpaired) electrons. The molecule has 3 atom stereocenters. The highest BCUT2D eigenvalue weighted by Gasteiger charge is 2.09. The van der Waals surface area contributed by atoms with Crippen molar-refractivity contribution in [2.75, 3.05) is 63.9 Å². The molecule has 0 saturated carbocycles. The predicted molar refractivity (Wildman–Crippen MR) is 137 cm³/mol. The van der Waals surface area contributed by atoms with Crippen LogP contribution in [0.3, 0.4) is 0 Å². The SMILES string of the molecule is CC(O)COC(C)COC(C)COCCN(C)c1ccc(Cc2ccc(N(C)C)cc2)cc1. The molecule has 6 heteroatoms. The summed E-state index contributed by atoms with van der Waals surface area (Å²) in [6.45, 7) is 8.46. The number of hydrogen-bond acceptors (Lipinski definition) is 6. The summed E-state index contributed by atoms with van der Waals surface area (Å²) in [6, 6.07) is 17.5. The van der Waals surface area contributed by atoms with Crippen LogP contribution in [-0.2, 0) is 20.6 Å². The second-order valence-electron chi connectivity index (χ2n) is 9.04. The van der Waals surface area contributed by atoms with Gasteiger partial charge < -0.3 is 29.1 Å². The minimum absolute atomic E-state index is 0.000944. The molecule has 0 bridgehead atoms. The highest BCUT2D eigenvalue weighted by atomic mass is 16.6. The van der Waals surface area contributed by atoms with Crippen LogP contribution in [0.5, 0.6) is 0 Å². The normalized spacial score (nSPS) is 14.0. The largest absolute Gasteiger partial charge is 0.391 e. The van der Waals surface area contributed by atoms with E-state index in [1.54, 1.807) is 6.92 Å². The van der Waals surface area contributed by atoms with Crippen molar-refractivity contribution in [3.8, 4) is 0 Å². The highest BCUT2D eigenvalue weighted by molar-refractivity contribution is 5.49. The van der Waals surface area contributed by atoms with Crippen LogP contribution in [-0.4, -0.2) is 77.5 Å². The van der Waals surface area contributed by atoms with Gasteiger partial charge in [0.15, 0.2) is 0 Å². The Balaban J connectivity index is 1.66. The zero-order valence-corrected chi connectivity index (χ0v) is 21.2. The van der Waals surface area contributed by atoms with Crippen LogP contribution in [0.2, 0.25) is 0 Å². The number of ether oxygens (including phenoxy) is 3. The fourth-order valence-electron chi connectivity index (χ4n) is 3.30. The summed E-state index contributed by atoms with van der Waals surface area (Å²) < 4.78 is 17.0. The van der Waals surface area contributed by atoms with Gasteiger partial charge in [-0.2, -0.15) is 0 Å². The van der Waals surface area contributed by atoms with E-state index in [-0.39, 0.29) is 12.2 Å². The zero-order chi connectivity index (χ0) is 24.2. The molecule has 2 rings (SSSR count). The van der Waals surface area contributed by atoms with Crippen LogP contribution in [0.1, 0.15) is 31.9 Å². The molecule has 0 amide bonds. The quantitative estimate of drug-likeness (QED) is 0.408. The maximum Gasteiger partial charge on any atom is 0.0781 e. The maximum atomic E-state index is 9.25. The van der Waals surface area contributed by atoms with Gasteiger partial charge in [0.25, 0.3) is 0 Å². The Morgan fingerprint density at radius 2 is 1.24 bits per heavy atom. The van der Waals surface area contributed by atoms with Gasteiger partial charge in [0, 0.05) is 39.1 Å². The molecule has 0 saturated heterocycles. The van der Waals surface area contributed by atoms with E-state index in [1.807, 2.05) is 13.8 Å². The molecule has 2 aromatic rings. The summed E-state index contributed by atoms with van der Waals surface area (Å²) in [5.74, 6) is 0. The molecule has 0 heterocycles. The second-order valence-corrected chi connectivity index (χ2v) is 9.04. The van der Waals surface area contributed by atoms with Crippen LogP contribution in [0.25, 0.3) is 0 Å². The topological polar surface area (TPSA) is 54.4 Å². The van der Waals surface area contributed by atoms with Crippen molar-refractivity contribution in [2.24, 2.45) is 0 Å². The third-order valence-corrected chi connectivity index (χ3v) is 5.40. The van der Waals surface area contributed by atoms with E-state index >= 15 is 0 Å². The maximum absolute atomic E-state index is 9.25. The first-order valence-electron chi connectivity index (χ1n) is 11.8. The van der Waals surface area contributed by atoms with E-state index in [0.717, 1.165) is 13.0 Å². The Labute approximate surface area is 200 Å². The number of likely N-dealkylation sites (N-methyl/N-ethyl adjacent to an activating group) is 1. The lowest BCUT2D eigenvalue weighted by Gasteiger charge is -2.21. The minimum Gasteiger partial charge on any atom is -0.391 e.